The molecule has 0 amide bonds. The fourth-order valence-electron chi connectivity index (χ4n) is 2.61. The first kappa shape index (κ1) is 17.1. The lowest BCUT2D eigenvalue weighted by Gasteiger charge is -2.08. The summed E-state index contributed by atoms with van der Waals surface area (Å²) in [5.74, 6) is 0.596. The molecule has 136 valence electrons. The van der Waals surface area contributed by atoms with E-state index < -0.39 is 10.0 Å². The van der Waals surface area contributed by atoms with E-state index in [1.54, 1.807) is 42.0 Å². The number of aromatic nitrogens is 5. The smallest absolute Gasteiger partial charge is 0.232 e. The Labute approximate surface area is 156 Å². The molecule has 0 atom stereocenters. The van der Waals surface area contributed by atoms with E-state index in [1.165, 1.54) is 0 Å². The van der Waals surface area contributed by atoms with Crippen LogP contribution >= 0.6 is 0 Å². The average Bonchev–Trinajstić information content (AvgIpc) is 3.12. The number of nitrogens with zero attached hydrogens (tertiary/aromatic N) is 5. The standard InChI is InChI=1S/C18H16N6O2S/c1-2-27(25,26)23-15-7-3-5-13(11-15)16-8-9-17-20-21-18(24(17)22-16)14-6-4-10-19-12-14/h3-12,23H,2H2,1H3. The van der Waals surface area contributed by atoms with Crippen molar-refractivity contribution in [3.05, 3.63) is 60.9 Å². The molecule has 4 aromatic rings. The van der Waals surface area contributed by atoms with Gasteiger partial charge in [-0.1, -0.05) is 12.1 Å². The van der Waals surface area contributed by atoms with Crippen molar-refractivity contribution in [2.45, 2.75) is 6.92 Å². The van der Waals surface area contributed by atoms with Crippen molar-refractivity contribution in [3.8, 4) is 22.6 Å². The van der Waals surface area contributed by atoms with Crippen LogP contribution < -0.4 is 4.72 Å². The van der Waals surface area contributed by atoms with Crippen LogP contribution in [0.1, 0.15) is 6.92 Å². The van der Waals surface area contributed by atoms with Crippen LogP contribution in [-0.4, -0.2) is 39.0 Å². The van der Waals surface area contributed by atoms with Gasteiger partial charge in [-0.2, -0.15) is 9.61 Å². The topological polar surface area (TPSA) is 102 Å². The fourth-order valence-corrected chi connectivity index (χ4v) is 3.24. The fraction of sp³-hybridized carbons (Fsp3) is 0.111. The minimum atomic E-state index is -3.34. The zero-order valence-corrected chi connectivity index (χ0v) is 15.3. The highest BCUT2D eigenvalue weighted by Crippen LogP contribution is 2.23. The lowest BCUT2D eigenvalue weighted by Crippen LogP contribution is -2.14. The third-order valence-corrected chi connectivity index (χ3v) is 5.30. The maximum Gasteiger partial charge on any atom is 0.232 e. The summed E-state index contributed by atoms with van der Waals surface area (Å²) >= 11 is 0. The van der Waals surface area contributed by atoms with Gasteiger partial charge in [-0.15, -0.1) is 10.2 Å². The number of sulfonamides is 1. The zero-order chi connectivity index (χ0) is 18.9. The van der Waals surface area contributed by atoms with Crippen LogP contribution in [0.15, 0.2) is 60.9 Å². The Morgan fingerprint density at radius 1 is 1.04 bits per heavy atom. The van der Waals surface area contributed by atoms with Crippen molar-refractivity contribution in [3.63, 3.8) is 0 Å². The molecule has 0 aliphatic rings. The van der Waals surface area contributed by atoms with E-state index >= 15 is 0 Å². The van der Waals surface area contributed by atoms with E-state index in [-0.39, 0.29) is 5.75 Å². The van der Waals surface area contributed by atoms with Gasteiger partial charge < -0.3 is 0 Å². The molecule has 0 saturated carbocycles. The number of rotatable bonds is 5. The SMILES string of the molecule is CCS(=O)(=O)Nc1cccc(-c2ccc3nnc(-c4cccnc4)n3n2)c1. The second kappa shape index (κ2) is 6.76. The molecule has 3 heterocycles. The summed E-state index contributed by atoms with van der Waals surface area (Å²) in [5.41, 5.74) is 3.36. The minimum absolute atomic E-state index is 0.0105. The molecule has 0 spiro atoms. The van der Waals surface area contributed by atoms with Gasteiger partial charge in [0.1, 0.15) is 0 Å². The van der Waals surface area contributed by atoms with Crippen LogP contribution in [0.4, 0.5) is 5.69 Å². The molecule has 0 unspecified atom stereocenters. The van der Waals surface area contributed by atoms with Crippen molar-refractivity contribution >= 4 is 21.4 Å². The van der Waals surface area contributed by atoms with Crippen LogP contribution in [0, 0.1) is 0 Å². The molecule has 0 aliphatic heterocycles. The summed E-state index contributed by atoms with van der Waals surface area (Å²) < 4.78 is 27.8. The first-order chi connectivity index (χ1) is 13.1. The summed E-state index contributed by atoms with van der Waals surface area (Å²) in [6.07, 6.45) is 3.39. The Morgan fingerprint density at radius 3 is 2.67 bits per heavy atom. The summed E-state index contributed by atoms with van der Waals surface area (Å²) in [7, 11) is -3.34. The maximum atomic E-state index is 11.8. The predicted octanol–water partition coefficient (Wildman–Crippen LogP) is 2.61. The van der Waals surface area contributed by atoms with Crippen LogP contribution in [0.25, 0.3) is 28.3 Å². The summed E-state index contributed by atoms with van der Waals surface area (Å²) in [5, 5.41) is 13.0. The Kier molecular flexibility index (Phi) is 4.28. The second-order valence-electron chi connectivity index (χ2n) is 5.84. The first-order valence-corrected chi connectivity index (χ1v) is 9.95. The lowest BCUT2D eigenvalue weighted by molar-refractivity contribution is 0.602. The summed E-state index contributed by atoms with van der Waals surface area (Å²) in [6, 6.07) is 14.4. The number of benzene rings is 1. The minimum Gasteiger partial charge on any atom is -0.284 e. The number of nitrogens with one attached hydrogen (secondary N) is 1. The Morgan fingerprint density at radius 2 is 1.89 bits per heavy atom. The van der Waals surface area contributed by atoms with E-state index in [9.17, 15) is 8.42 Å². The molecular weight excluding hydrogens is 364 g/mol. The summed E-state index contributed by atoms with van der Waals surface area (Å²) in [6.45, 7) is 1.59. The molecular formula is C18H16N6O2S. The third kappa shape index (κ3) is 3.49. The lowest BCUT2D eigenvalue weighted by atomic mass is 10.1. The van der Waals surface area contributed by atoms with Gasteiger partial charge in [0.05, 0.1) is 11.4 Å². The molecule has 0 bridgehead atoms. The normalized spacial score (nSPS) is 11.6. The number of pyridine rings is 1. The molecule has 1 N–H and O–H groups in total. The van der Waals surface area contributed by atoms with Gasteiger partial charge in [0, 0.05) is 29.2 Å². The molecule has 9 heteroatoms. The molecule has 0 radical (unpaired) electrons. The Bertz CT molecular complexity index is 1200. The zero-order valence-electron chi connectivity index (χ0n) is 14.4. The molecule has 3 aromatic heterocycles. The molecule has 27 heavy (non-hydrogen) atoms. The van der Waals surface area contributed by atoms with Gasteiger partial charge >= 0.3 is 0 Å². The third-order valence-electron chi connectivity index (χ3n) is 3.99. The number of hydrogen-bond acceptors (Lipinski definition) is 6. The number of anilines is 1. The van der Waals surface area contributed by atoms with Crippen LogP contribution in [0.3, 0.4) is 0 Å². The van der Waals surface area contributed by atoms with E-state index in [0.29, 0.717) is 22.9 Å². The summed E-state index contributed by atoms with van der Waals surface area (Å²) in [4.78, 5) is 4.11. The van der Waals surface area contributed by atoms with Gasteiger partial charge in [0.15, 0.2) is 11.5 Å². The highest BCUT2D eigenvalue weighted by molar-refractivity contribution is 7.92. The van der Waals surface area contributed by atoms with E-state index in [0.717, 1.165) is 11.1 Å². The molecule has 0 aliphatic carbocycles. The molecule has 4 rings (SSSR count). The molecule has 1 aromatic carbocycles. The van der Waals surface area contributed by atoms with Crippen LogP contribution in [0.2, 0.25) is 0 Å². The van der Waals surface area contributed by atoms with E-state index in [1.807, 2.05) is 30.3 Å². The Balaban J connectivity index is 1.77. The predicted molar refractivity (Wildman–Crippen MR) is 103 cm³/mol. The highest BCUT2D eigenvalue weighted by Gasteiger charge is 2.12. The number of hydrogen-bond donors (Lipinski definition) is 1. The average molecular weight is 380 g/mol. The molecule has 8 nitrogen and oxygen atoms in total. The van der Waals surface area contributed by atoms with Crippen molar-refractivity contribution in [1.82, 2.24) is 24.8 Å². The largest absolute Gasteiger partial charge is 0.284 e. The van der Waals surface area contributed by atoms with Crippen molar-refractivity contribution < 1.29 is 8.42 Å². The van der Waals surface area contributed by atoms with Gasteiger partial charge in [-0.05, 0) is 43.3 Å². The van der Waals surface area contributed by atoms with Crippen LogP contribution in [-0.2, 0) is 10.0 Å². The Hall–Kier alpha value is -3.33. The quantitative estimate of drug-likeness (QED) is 0.571. The first-order valence-electron chi connectivity index (χ1n) is 8.29. The molecule has 0 fully saturated rings. The van der Waals surface area contributed by atoms with Crippen molar-refractivity contribution in [2.75, 3.05) is 10.5 Å². The van der Waals surface area contributed by atoms with Gasteiger partial charge in [-0.25, -0.2) is 8.42 Å². The second-order valence-corrected chi connectivity index (χ2v) is 7.85. The van der Waals surface area contributed by atoms with E-state index in [4.69, 9.17) is 0 Å². The highest BCUT2D eigenvalue weighted by atomic mass is 32.2. The van der Waals surface area contributed by atoms with Gasteiger partial charge in [0.2, 0.25) is 10.0 Å². The van der Waals surface area contributed by atoms with Gasteiger partial charge in [0.25, 0.3) is 0 Å². The van der Waals surface area contributed by atoms with Crippen molar-refractivity contribution in [1.29, 1.82) is 0 Å². The number of fused-ring (bicyclic) bond motifs is 1. The monoisotopic (exact) mass is 380 g/mol. The van der Waals surface area contributed by atoms with E-state index in [2.05, 4.69) is 25.0 Å². The molecule has 0 saturated heterocycles. The van der Waals surface area contributed by atoms with Gasteiger partial charge in [-0.3, -0.25) is 9.71 Å². The van der Waals surface area contributed by atoms with Crippen molar-refractivity contribution in [2.24, 2.45) is 0 Å². The van der Waals surface area contributed by atoms with Crippen LogP contribution in [0.5, 0.6) is 0 Å². The maximum absolute atomic E-state index is 11.8.